The van der Waals surface area contributed by atoms with Gasteiger partial charge >= 0.3 is 5.69 Å². The second-order valence-electron chi connectivity index (χ2n) is 9.75. The van der Waals surface area contributed by atoms with Gasteiger partial charge < -0.3 is 14.4 Å². The first-order chi connectivity index (χ1) is 19.2. The Balaban J connectivity index is 1.64. The van der Waals surface area contributed by atoms with Crippen LogP contribution in [0.3, 0.4) is 0 Å². The van der Waals surface area contributed by atoms with Gasteiger partial charge in [0.2, 0.25) is 5.75 Å². The summed E-state index contributed by atoms with van der Waals surface area (Å²) in [5.41, 5.74) is 2.84. The van der Waals surface area contributed by atoms with Gasteiger partial charge in [-0.3, -0.25) is 29.8 Å². The number of carbonyl (C=O) groups is 2. The second-order valence-corrected chi connectivity index (χ2v) is 10.6. The molecule has 3 aliphatic rings. The minimum absolute atomic E-state index is 0.0199. The molecule has 11 nitrogen and oxygen atoms in total. The zero-order valence-electron chi connectivity index (χ0n) is 21.9. The van der Waals surface area contributed by atoms with Crippen molar-refractivity contribution >= 4 is 38.9 Å². The number of non-ortho nitro benzene ring substituents is 1. The van der Waals surface area contributed by atoms with Crippen LogP contribution in [0.2, 0.25) is 0 Å². The standard InChI is InChI=1S/C28H26BrN3O8/c1-3-30-18-6-4-8-21(33)26(18)25(27-19(30)7-5-9-22(27)34)15-12-17(29)28(24(13-15)39-2)40-23-11-10-16(31(35)36)14-20(23)32(37)38/h10-14,25H,3-9H2,1-2H3. The van der Waals surface area contributed by atoms with Crippen LogP contribution in [0.25, 0.3) is 0 Å². The molecule has 0 saturated heterocycles. The maximum Gasteiger partial charge on any atom is 0.318 e. The van der Waals surface area contributed by atoms with Crippen LogP contribution >= 0.6 is 15.9 Å². The van der Waals surface area contributed by atoms with Crippen molar-refractivity contribution in [2.24, 2.45) is 0 Å². The van der Waals surface area contributed by atoms with Crippen LogP contribution in [-0.4, -0.2) is 40.0 Å². The summed E-state index contributed by atoms with van der Waals surface area (Å²) in [6, 6.07) is 6.52. The molecule has 2 aromatic carbocycles. The fraction of sp³-hybridized carbons (Fsp3) is 0.357. The van der Waals surface area contributed by atoms with Crippen LogP contribution in [-0.2, 0) is 9.59 Å². The highest BCUT2D eigenvalue weighted by molar-refractivity contribution is 9.10. The van der Waals surface area contributed by atoms with Crippen molar-refractivity contribution < 1.29 is 28.9 Å². The quantitative estimate of drug-likeness (QED) is 0.253. The lowest BCUT2D eigenvalue weighted by atomic mass is 9.71. The average Bonchev–Trinajstić information content (AvgIpc) is 2.93. The Morgan fingerprint density at radius 2 is 1.55 bits per heavy atom. The first-order valence-corrected chi connectivity index (χ1v) is 13.7. The number of allylic oxidation sites excluding steroid dienone is 4. The van der Waals surface area contributed by atoms with Gasteiger partial charge in [0, 0.05) is 53.9 Å². The van der Waals surface area contributed by atoms with E-state index in [0.717, 1.165) is 55.3 Å². The summed E-state index contributed by atoms with van der Waals surface area (Å²) < 4.78 is 11.9. The highest BCUT2D eigenvalue weighted by Crippen LogP contribution is 2.51. The normalized spacial score (nSPS) is 17.5. The number of nitrogens with zero attached hydrogens (tertiary/aromatic N) is 3. The van der Waals surface area contributed by atoms with Crippen molar-refractivity contribution in [2.45, 2.75) is 51.4 Å². The number of nitro groups is 2. The first kappa shape index (κ1) is 27.5. The molecule has 5 rings (SSSR count). The zero-order chi connectivity index (χ0) is 28.7. The number of Topliss-reactive ketones (excluding diaryl/α,β-unsaturated/α-hetero) is 2. The Kier molecular flexibility index (Phi) is 7.45. The summed E-state index contributed by atoms with van der Waals surface area (Å²) in [7, 11) is 1.41. The zero-order valence-corrected chi connectivity index (χ0v) is 23.5. The van der Waals surface area contributed by atoms with Gasteiger partial charge in [-0.15, -0.1) is 0 Å². The maximum absolute atomic E-state index is 13.4. The van der Waals surface area contributed by atoms with Gasteiger partial charge in [-0.2, -0.15) is 0 Å². The molecule has 208 valence electrons. The lowest BCUT2D eigenvalue weighted by Crippen LogP contribution is -2.39. The number of methoxy groups -OCH3 is 1. The number of benzene rings is 2. The van der Waals surface area contributed by atoms with Crippen LogP contribution in [0.4, 0.5) is 11.4 Å². The molecule has 40 heavy (non-hydrogen) atoms. The molecule has 2 aromatic rings. The molecular weight excluding hydrogens is 586 g/mol. The molecule has 0 N–H and O–H groups in total. The van der Waals surface area contributed by atoms with Crippen LogP contribution < -0.4 is 9.47 Å². The number of carbonyl (C=O) groups excluding carboxylic acids is 2. The van der Waals surface area contributed by atoms with Gasteiger partial charge in [-0.1, -0.05) is 0 Å². The van der Waals surface area contributed by atoms with Crippen molar-refractivity contribution in [2.75, 3.05) is 13.7 Å². The molecule has 0 spiro atoms. The summed E-state index contributed by atoms with van der Waals surface area (Å²) >= 11 is 3.50. The minimum Gasteiger partial charge on any atom is -0.493 e. The summed E-state index contributed by atoms with van der Waals surface area (Å²) in [5, 5.41) is 22.8. The third kappa shape index (κ3) is 4.66. The molecule has 0 amide bonds. The van der Waals surface area contributed by atoms with E-state index in [-0.39, 0.29) is 28.8 Å². The van der Waals surface area contributed by atoms with E-state index in [1.54, 1.807) is 12.1 Å². The number of nitro benzene ring substituents is 2. The van der Waals surface area contributed by atoms with Crippen LogP contribution in [0.5, 0.6) is 17.2 Å². The second kappa shape index (κ2) is 10.8. The van der Waals surface area contributed by atoms with Crippen molar-refractivity contribution in [3.8, 4) is 17.2 Å². The van der Waals surface area contributed by atoms with Crippen LogP contribution in [0.1, 0.15) is 56.9 Å². The van der Waals surface area contributed by atoms with Gasteiger partial charge in [0.25, 0.3) is 5.69 Å². The lowest BCUT2D eigenvalue weighted by molar-refractivity contribution is -0.394. The molecule has 0 unspecified atom stereocenters. The molecule has 0 fully saturated rings. The van der Waals surface area contributed by atoms with Gasteiger partial charge in [0.05, 0.1) is 27.5 Å². The molecule has 2 aliphatic carbocycles. The fourth-order valence-corrected chi connectivity index (χ4v) is 6.44. The predicted molar refractivity (Wildman–Crippen MR) is 147 cm³/mol. The lowest BCUT2D eigenvalue weighted by Gasteiger charge is -2.43. The smallest absolute Gasteiger partial charge is 0.318 e. The number of hydrogen-bond donors (Lipinski definition) is 0. The molecule has 1 aliphatic heterocycles. The molecule has 0 saturated carbocycles. The molecule has 12 heteroatoms. The van der Waals surface area contributed by atoms with E-state index in [1.165, 1.54) is 7.11 Å². The topological polar surface area (TPSA) is 142 Å². The number of halogens is 1. The first-order valence-electron chi connectivity index (χ1n) is 12.9. The summed E-state index contributed by atoms with van der Waals surface area (Å²) in [6.45, 7) is 2.69. The molecule has 0 aromatic heterocycles. The van der Waals surface area contributed by atoms with Crippen molar-refractivity contribution in [1.29, 1.82) is 0 Å². The third-order valence-corrected chi connectivity index (χ3v) is 8.14. The number of hydrogen-bond acceptors (Lipinski definition) is 9. The summed E-state index contributed by atoms with van der Waals surface area (Å²) in [4.78, 5) is 50.2. The van der Waals surface area contributed by atoms with E-state index < -0.39 is 27.1 Å². The molecular formula is C28H26BrN3O8. The Morgan fingerprint density at radius 1 is 0.925 bits per heavy atom. The number of ketones is 2. The molecule has 1 heterocycles. The Labute approximate surface area is 237 Å². The van der Waals surface area contributed by atoms with E-state index in [9.17, 15) is 29.8 Å². The fourth-order valence-electron chi connectivity index (χ4n) is 5.90. The van der Waals surface area contributed by atoms with E-state index in [0.29, 0.717) is 40.6 Å². The van der Waals surface area contributed by atoms with Gasteiger partial charge in [-0.05, 0) is 72.3 Å². The third-order valence-electron chi connectivity index (χ3n) is 7.55. The van der Waals surface area contributed by atoms with E-state index >= 15 is 0 Å². The highest BCUT2D eigenvalue weighted by Gasteiger charge is 2.43. The van der Waals surface area contributed by atoms with Gasteiger partial charge in [-0.25, -0.2) is 0 Å². The van der Waals surface area contributed by atoms with Crippen LogP contribution in [0, 0.1) is 20.2 Å². The van der Waals surface area contributed by atoms with Gasteiger partial charge in [0.1, 0.15) is 0 Å². The average molecular weight is 612 g/mol. The highest BCUT2D eigenvalue weighted by atomic mass is 79.9. The molecule has 0 radical (unpaired) electrons. The maximum atomic E-state index is 13.4. The minimum atomic E-state index is -0.760. The van der Waals surface area contributed by atoms with Crippen molar-refractivity contribution in [3.63, 3.8) is 0 Å². The number of rotatable bonds is 7. The van der Waals surface area contributed by atoms with E-state index in [1.807, 2.05) is 6.92 Å². The molecule has 0 atom stereocenters. The van der Waals surface area contributed by atoms with E-state index in [4.69, 9.17) is 9.47 Å². The Hall–Kier alpha value is -4.06. The van der Waals surface area contributed by atoms with Crippen molar-refractivity contribution in [3.05, 3.63) is 83.1 Å². The largest absolute Gasteiger partial charge is 0.493 e. The monoisotopic (exact) mass is 611 g/mol. The Bertz CT molecular complexity index is 1490. The predicted octanol–water partition coefficient (Wildman–Crippen LogP) is 6.50. The van der Waals surface area contributed by atoms with Crippen molar-refractivity contribution in [1.82, 2.24) is 4.90 Å². The van der Waals surface area contributed by atoms with Gasteiger partial charge in [0.15, 0.2) is 23.1 Å². The Morgan fingerprint density at radius 3 is 2.08 bits per heavy atom. The summed E-state index contributed by atoms with van der Waals surface area (Å²) in [6.07, 6.45) is 3.83. The molecule has 0 bridgehead atoms. The van der Waals surface area contributed by atoms with Crippen LogP contribution in [0.15, 0.2) is 57.3 Å². The van der Waals surface area contributed by atoms with E-state index in [2.05, 4.69) is 20.8 Å². The summed E-state index contributed by atoms with van der Waals surface area (Å²) in [5.74, 6) is -0.411. The number of ether oxygens (including phenoxy) is 2. The SMILES string of the molecule is CCN1C2=C(C(=O)CCC2)C(c2cc(Br)c(Oc3ccc([N+](=O)[O-])cc3[N+](=O)[O-])c(OC)c2)C2=C1CCCC2=O.